The molecule has 0 bridgehead atoms. The van der Waals surface area contributed by atoms with Crippen LogP contribution in [0.4, 0.5) is 0 Å². The Bertz CT molecular complexity index is 196. The Balaban J connectivity index is 2.87. The lowest BCUT2D eigenvalue weighted by Gasteiger charge is -2.32. The van der Waals surface area contributed by atoms with Crippen LogP contribution in [0.15, 0.2) is 12.3 Å². The highest BCUT2D eigenvalue weighted by atomic mass is 16.5. The first kappa shape index (κ1) is 8.27. The van der Waals surface area contributed by atoms with Crippen LogP contribution in [0.2, 0.25) is 0 Å². The molecule has 0 aromatic rings. The molecule has 3 nitrogen and oxygen atoms in total. The summed E-state index contributed by atoms with van der Waals surface area (Å²) in [4.78, 5) is 11.2. The summed E-state index contributed by atoms with van der Waals surface area (Å²) < 4.78 is 5.13. The zero-order valence-corrected chi connectivity index (χ0v) is 7.05. The van der Waals surface area contributed by atoms with E-state index in [1.807, 2.05) is 19.9 Å². The van der Waals surface area contributed by atoms with Crippen molar-refractivity contribution in [1.29, 1.82) is 0 Å². The van der Waals surface area contributed by atoms with Gasteiger partial charge in [0.15, 0.2) is 0 Å². The van der Waals surface area contributed by atoms with Crippen molar-refractivity contribution < 1.29 is 9.53 Å². The number of carbonyl (C=O) groups is 1. The second-order valence-corrected chi connectivity index (χ2v) is 3.21. The Morgan fingerprint density at radius 2 is 2.27 bits per heavy atom. The fourth-order valence-corrected chi connectivity index (χ4v) is 1.14. The minimum absolute atomic E-state index is 0.00634. The van der Waals surface area contributed by atoms with Gasteiger partial charge < -0.3 is 10.1 Å². The molecule has 0 saturated carbocycles. The van der Waals surface area contributed by atoms with E-state index in [0.717, 1.165) is 0 Å². The van der Waals surface area contributed by atoms with Gasteiger partial charge in [-0.25, -0.2) is 0 Å². The van der Waals surface area contributed by atoms with E-state index in [1.54, 1.807) is 13.3 Å². The van der Waals surface area contributed by atoms with Gasteiger partial charge in [-0.2, -0.15) is 0 Å². The summed E-state index contributed by atoms with van der Waals surface area (Å²) >= 11 is 0. The van der Waals surface area contributed by atoms with E-state index in [-0.39, 0.29) is 12.0 Å². The minimum atomic E-state index is -0.455. The van der Waals surface area contributed by atoms with Crippen molar-refractivity contribution in [2.45, 2.75) is 20.0 Å². The molecular weight excluding hydrogens is 142 g/mol. The van der Waals surface area contributed by atoms with E-state index in [2.05, 4.69) is 5.32 Å². The molecule has 1 unspecified atom stereocenters. The Morgan fingerprint density at radius 3 is 2.73 bits per heavy atom. The molecule has 0 radical (unpaired) electrons. The molecule has 1 amide bonds. The molecule has 1 atom stereocenters. The fourth-order valence-electron chi connectivity index (χ4n) is 1.14. The number of carbonyl (C=O) groups excluding carboxylic acids is 1. The number of hydrogen-bond donors (Lipinski definition) is 1. The van der Waals surface area contributed by atoms with Gasteiger partial charge in [-0.1, -0.05) is 0 Å². The third-order valence-electron chi connectivity index (χ3n) is 2.04. The van der Waals surface area contributed by atoms with Gasteiger partial charge >= 0.3 is 0 Å². The normalized spacial score (nSPS) is 28.3. The fraction of sp³-hybridized carbons (Fsp3) is 0.625. The number of methoxy groups -OCH3 is 1. The van der Waals surface area contributed by atoms with Gasteiger partial charge in [0.2, 0.25) is 5.91 Å². The first-order valence-electron chi connectivity index (χ1n) is 3.59. The zero-order valence-electron chi connectivity index (χ0n) is 7.05. The average Bonchev–Trinajstić information content (AvgIpc) is 1.95. The number of nitrogens with one attached hydrogen (secondary N) is 1. The molecule has 0 fully saturated rings. The van der Waals surface area contributed by atoms with Gasteiger partial charge in [-0.15, -0.1) is 0 Å². The molecule has 0 aromatic carbocycles. The first-order valence-corrected chi connectivity index (χ1v) is 3.59. The summed E-state index contributed by atoms with van der Waals surface area (Å²) in [5.41, 5.74) is -0.455. The van der Waals surface area contributed by atoms with Crippen molar-refractivity contribution in [1.82, 2.24) is 5.32 Å². The highest BCUT2D eigenvalue weighted by molar-refractivity contribution is 5.84. The topological polar surface area (TPSA) is 38.3 Å². The monoisotopic (exact) mass is 155 g/mol. The number of rotatable bonds is 1. The molecule has 1 heterocycles. The van der Waals surface area contributed by atoms with Crippen LogP contribution >= 0.6 is 0 Å². The molecule has 0 aliphatic carbocycles. The largest absolute Gasteiger partial charge is 0.376 e. The van der Waals surface area contributed by atoms with Crippen LogP contribution in [-0.4, -0.2) is 19.1 Å². The molecular formula is C8H13NO2. The van der Waals surface area contributed by atoms with Crippen molar-refractivity contribution >= 4 is 5.91 Å². The Kier molecular flexibility index (Phi) is 2.00. The molecule has 62 valence electrons. The molecule has 0 saturated heterocycles. The second kappa shape index (κ2) is 2.66. The summed E-state index contributed by atoms with van der Waals surface area (Å²) in [5, 5.41) is 2.64. The summed E-state index contributed by atoms with van der Waals surface area (Å²) in [5.74, 6) is 0.00634. The zero-order chi connectivity index (χ0) is 8.48. The number of hydrogen-bond acceptors (Lipinski definition) is 2. The van der Waals surface area contributed by atoms with Crippen LogP contribution in [0, 0.1) is 5.41 Å². The van der Waals surface area contributed by atoms with Crippen LogP contribution < -0.4 is 5.32 Å². The molecule has 1 rings (SSSR count). The third-order valence-corrected chi connectivity index (χ3v) is 2.04. The van der Waals surface area contributed by atoms with Crippen molar-refractivity contribution in [2.24, 2.45) is 5.41 Å². The number of amides is 1. The molecule has 11 heavy (non-hydrogen) atoms. The van der Waals surface area contributed by atoms with Gasteiger partial charge in [-0.05, 0) is 19.9 Å². The molecule has 3 heteroatoms. The van der Waals surface area contributed by atoms with Crippen molar-refractivity contribution in [3.8, 4) is 0 Å². The van der Waals surface area contributed by atoms with Crippen LogP contribution in [0.1, 0.15) is 13.8 Å². The Hall–Kier alpha value is -0.830. The van der Waals surface area contributed by atoms with Crippen LogP contribution in [0.25, 0.3) is 0 Å². The summed E-state index contributed by atoms with van der Waals surface area (Å²) in [6, 6.07) is 0. The highest BCUT2D eigenvalue weighted by Gasteiger charge is 2.37. The lowest BCUT2D eigenvalue weighted by molar-refractivity contribution is -0.134. The van der Waals surface area contributed by atoms with E-state index >= 15 is 0 Å². The van der Waals surface area contributed by atoms with Crippen molar-refractivity contribution in [3.05, 3.63) is 12.3 Å². The predicted molar refractivity (Wildman–Crippen MR) is 41.9 cm³/mol. The lowest BCUT2D eigenvalue weighted by Crippen LogP contribution is -2.46. The van der Waals surface area contributed by atoms with E-state index < -0.39 is 5.41 Å². The van der Waals surface area contributed by atoms with E-state index in [1.165, 1.54) is 0 Å². The maximum Gasteiger partial charge on any atom is 0.232 e. The van der Waals surface area contributed by atoms with E-state index in [9.17, 15) is 4.79 Å². The standard InChI is InChI=1S/C8H13NO2/c1-8(2)6(11-3)4-5-9-7(8)10/h4-6H,1-3H3,(H,9,10). The van der Waals surface area contributed by atoms with E-state index in [0.29, 0.717) is 0 Å². The Labute approximate surface area is 66.4 Å². The third kappa shape index (κ3) is 1.28. The minimum Gasteiger partial charge on any atom is -0.376 e. The maximum absolute atomic E-state index is 11.2. The average molecular weight is 155 g/mol. The molecule has 1 aliphatic rings. The summed E-state index contributed by atoms with van der Waals surface area (Å²) in [6.45, 7) is 3.72. The van der Waals surface area contributed by atoms with E-state index in [4.69, 9.17) is 4.74 Å². The molecule has 0 aromatic heterocycles. The smallest absolute Gasteiger partial charge is 0.232 e. The maximum atomic E-state index is 11.2. The Morgan fingerprint density at radius 1 is 1.64 bits per heavy atom. The molecule has 1 N–H and O–H groups in total. The van der Waals surface area contributed by atoms with Crippen molar-refractivity contribution in [3.63, 3.8) is 0 Å². The molecule has 1 aliphatic heterocycles. The first-order chi connectivity index (χ1) is 5.09. The highest BCUT2D eigenvalue weighted by Crippen LogP contribution is 2.26. The quantitative estimate of drug-likeness (QED) is 0.604. The van der Waals surface area contributed by atoms with Gasteiger partial charge in [0.1, 0.15) is 0 Å². The van der Waals surface area contributed by atoms with Gasteiger partial charge in [0, 0.05) is 13.3 Å². The van der Waals surface area contributed by atoms with Crippen LogP contribution in [-0.2, 0) is 9.53 Å². The lowest BCUT2D eigenvalue weighted by atomic mass is 9.84. The predicted octanol–water partition coefficient (Wildman–Crippen LogP) is 0.671. The van der Waals surface area contributed by atoms with Crippen molar-refractivity contribution in [2.75, 3.05) is 7.11 Å². The molecule has 0 spiro atoms. The van der Waals surface area contributed by atoms with Crippen LogP contribution in [0.5, 0.6) is 0 Å². The summed E-state index contributed by atoms with van der Waals surface area (Å²) in [7, 11) is 1.61. The van der Waals surface area contributed by atoms with Gasteiger partial charge in [-0.3, -0.25) is 4.79 Å². The van der Waals surface area contributed by atoms with Gasteiger partial charge in [0.25, 0.3) is 0 Å². The van der Waals surface area contributed by atoms with Crippen LogP contribution in [0.3, 0.4) is 0 Å². The number of ether oxygens (including phenoxy) is 1. The summed E-state index contributed by atoms with van der Waals surface area (Å²) in [6.07, 6.45) is 3.36. The SMILES string of the molecule is COC1C=CNC(=O)C1(C)C. The van der Waals surface area contributed by atoms with Gasteiger partial charge in [0.05, 0.1) is 11.5 Å². The second-order valence-electron chi connectivity index (χ2n) is 3.21.